The number of benzene rings is 1. The van der Waals surface area contributed by atoms with Crippen molar-refractivity contribution in [3.05, 3.63) is 39.4 Å². The summed E-state index contributed by atoms with van der Waals surface area (Å²) < 4.78 is 0. The number of hydrogen-bond donors (Lipinski definition) is 2. The zero-order valence-corrected chi connectivity index (χ0v) is 12.4. The molecule has 0 radical (unpaired) electrons. The van der Waals surface area contributed by atoms with E-state index in [2.05, 4.69) is 14.9 Å². The zero-order chi connectivity index (χ0) is 13.4. The Bertz CT molecular complexity index is 673. The third-order valence-electron chi connectivity index (χ3n) is 3.40. The van der Waals surface area contributed by atoms with Crippen LogP contribution in [-0.2, 0) is 6.54 Å². The van der Waals surface area contributed by atoms with Crippen molar-refractivity contribution in [1.29, 1.82) is 0 Å². The van der Waals surface area contributed by atoms with Crippen LogP contribution >= 0.6 is 24.0 Å². The van der Waals surface area contributed by atoms with Gasteiger partial charge in [0, 0.05) is 24.2 Å². The van der Waals surface area contributed by atoms with Crippen LogP contribution in [0.5, 0.6) is 0 Å². The summed E-state index contributed by atoms with van der Waals surface area (Å²) in [6.07, 6.45) is 0.993. The minimum Gasteiger partial charge on any atom is -0.326 e. The summed E-state index contributed by atoms with van der Waals surface area (Å²) in [4.78, 5) is 21.5. The van der Waals surface area contributed by atoms with E-state index in [1.54, 1.807) is 18.2 Å². The van der Waals surface area contributed by atoms with Gasteiger partial charge < -0.3 is 10.7 Å². The summed E-state index contributed by atoms with van der Waals surface area (Å²) in [7, 11) is 0. The summed E-state index contributed by atoms with van der Waals surface area (Å²) >= 11 is 5.88. The van der Waals surface area contributed by atoms with Gasteiger partial charge in [-0.3, -0.25) is 9.69 Å². The second kappa shape index (κ2) is 6.10. The quantitative estimate of drug-likeness (QED) is 0.881. The van der Waals surface area contributed by atoms with E-state index in [1.807, 2.05) is 0 Å². The van der Waals surface area contributed by atoms with E-state index in [1.165, 1.54) is 0 Å². The Balaban J connectivity index is 0.00000147. The highest BCUT2D eigenvalue weighted by Gasteiger charge is 2.19. The first-order valence-corrected chi connectivity index (χ1v) is 6.66. The fourth-order valence-electron chi connectivity index (χ4n) is 2.45. The molecule has 1 aliphatic rings. The maximum atomic E-state index is 12.0. The van der Waals surface area contributed by atoms with E-state index in [9.17, 15) is 4.79 Å². The maximum absolute atomic E-state index is 12.0. The number of halogens is 2. The summed E-state index contributed by atoms with van der Waals surface area (Å²) in [6, 6.07) is 5.38. The number of hydrogen-bond acceptors (Lipinski definition) is 4. The smallest absolute Gasteiger partial charge is 0.258 e. The number of fused-ring (bicyclic) bond motifs is 1. The van der Waals surface area contributed by atoms with Crippen molar-refractivity contribution in [2.24, 2.45) is 5.73 Å². The molecule has 5 nitrogen and oxygen atoms in total. The summed E-state index contributed by atoms with van der Waals surface area (Å²) in [5, 5.41) is 1.06. The van der Waals surface area contributed by atoms with Crippen LogP contribution in [0.1, 0.15) is 12.2 Å². The van der Waals surface area contributed by atoms with Crippen molar-refractivity contribution in [3.63, 3.8) is 0 Å². The minimum absolute atomic E-state index is 0. The minimum atomic E-state index is -0.147. The highest BCUT2D eigenvalue weighted by molar-refractivity contribution is 6.31. The molecule has 2 aromatic rings. The monoisotopic (exact) mass is 314 g/mol. The first-order valence-electron chi connectivity index (χ1n) is 6.28. The van der Waals surface area contributed by atoms with E-state index < -0.39 is 0 Å². The van der Waals surface area contributed by atoms with Crippen molar-refractivity contribution < 1.29 is 0 Å². The third kappa shape index (κ3) is 3.12. The predicted molar refractivity (Wildman–Crippen MR) is 82.5 cm³/mol. The number of aromatic nitrogens is 2. The number of nitrogens with two attached hydrogens (primary N) is 1. The summed E-state index contributed by atoms with van der Waals surface area (Å²) in [5.74, 6) is 0.675. The molecule has 1 unspecified atom stereocenters. The van der Waals surface area contributed by atoms with E-state index in [4.69, 9.17) is 17.3 Å². The number of rotatable bonds is 2. The Labute approximate surface area is 127 Å². The zero-order valence-electron chi connectivity index (χ0n) is 10.8. The van der Waals surface area contributed by atoms with E-state index in [0.717, 1.165) is 19.5 Å². The van der Waals surface area contributed by atoms with Gasteiger partial charge >= 0.3 is 0 Å². The van der Waals surface area contributed by atoms with Gasteiger partial charge in [0.1, 0.15) is 5.82 Å². The average Bonchev–Trinajstić information content (AvgIpc) is 2.76. The Kier molecular flexibility index (Phi) is 4.65. The van der Waals surface area contributed by atoms with Gasteiger partial charge in [-0.15, -0.1) is 12.4 Å². The number of H-pyrrole nitrogens is 1. The summed E-state index contributed by atoms with van der Waals surface area (Å²) in [6.45, 7) is 2.42. The van der Waals surface area contributed by atoms with Gasteiger partial charge in [-0.2, -0.15) is 0 Å². The molecule has 1 aromatic heterocycles. The Morgan fingerprint density at radius 1 is 1.50 bits per heavy atom. The first kappa shape index (κ1) is 15.3. The van der Waals surface area contributed by atoms with Gasteiger partial charge in [0.05, 0.1) is 17.4 Å². The molecular formula is C13H16Cl2N4O. The molecule has 1 fully saturated rings. The van der Waals surface area contributed by atoms with Crippen molar-refractivity contribution in [2.75, 3.05) is 13.1 Å². The maximum Gasteiger partial charge on any atom is 0.258 e. The van der Waals surface area contributed by atoms with Gasteiger partial charge in [-0.05, 0) is 24.6 Å². The Morgan fingerprint density at radius 3 is 3.00 bits per heavy atom. The topological polar surface area (TPSA) is 75.0 Å². The fourth-order valence-corrected chi connectivity index (χ4v) is 2.62. The van der Waals surface area contributed by atoms with Crippen LogP contribution < -0.4 is 11.3 Å². The standard InChI is InChI=1S/C13H15ClN4O.ClH/c14-8-1-2-11-10(5-8)13(19)17-12(16-11)7-18-4-3-9(15)6-18;/h1-2,5,9H,3-4,6-7,15H2,(H,16,17,19);1H. The molecule has 1 atom stereocenters. The molecule has 1 saturated heterocycles. The normalized spacial score (nSPS) is 19.2. The molecule has 0 spiro atoms. The molecular weight excluding hydrogens is 299 g/mol. The number of nitrogens with one attached hydrogen (secondary N) is 1. The third-order valence-corrected chi connectivity index (χ3v) is 3.63. The van der Waals surface area contributed by atoms with Gasteiger partial charge in [0.2, 0.25) is 0 Å². The fraction of sp³-hybridized carbons (Fsp3) is 0.385. The molecule has 0 bridgehead atoms. The van der Waals surface area contributed by atoms with Gasteiger partial charge in [0.25, 0.3) is 5.56 Å². The molecule has 0 amide bonds. The van der Waals surface area contributed by atoms with Crippen LogP contribution in [0, 0.1) is 0 Å². The second-order valence-electron chi connectivity index (χ2n) is 4.96. The van der Waals surface area contributed by atoms with Crippen LogP contribution in [0.2, 0.25) is 5.02 Å². The molecule has 3 N–H and O–H groups in total. The van der Waals surface area contributed by atoms with Gasteiger partial charge in [-0.25, -0.2) is 4.98 Å². The highest BCUT2D eigenvalue weighted by Crippen LogP contribution is 2.15. The Hall–Kier alpha value is -1.14. The largest absolute Gasteiger partial charge is 0.326 e. The highest BCUT2D eigenvalue weighted by atomic mass is 35.5. The van der Waals surface area contributed by atoms with E-state index in [0.29, 0.717) is 28.3 Å². The SMILES string of the molecule is Cl.NC1CCN(Cc2nc3ccc(Cl)cc3c(=O)[nH]2)C1. The molecule has 1 aromatic carbocycles. The van der Waals surface area contributed by atoms with Crippen molar-refractivity contribution in [3.8, 4) is 0 Å². The predicted octanol–water partition coefficient (Wildman–Crippen LogP) is 1.53. The lowest BCUT2D eigenvalue weighted by Crippen LogP contribution is -2.27. The molecule has 20 heavy (non-hydrogen) atoms. The number of nitrogens with zero attached hydrogens (tertiary/aromatic N) is 2. The van der Waals surface area contributed by atoms with Crippen molar-refractivity contribution in [1.82, 2.24) is 14.9 Å². The molecule has 2 heterocycles. The van der Waals surface area contributed by atoms with Crippen molar-refractivity contribution >= 4 is 34.9 Å². The molecule has 7 heteroatoms. The Morgan fingerprint density at radius 2 is 2.30 bits per heavy atom. The van der Waals surface area contributed by atoms with E-state index >= 15 is 0 Å². The van der Waals surface area contributed by atoms with Crippen LogP contribution in [0.4, 0.5) is 0 Å². The van der Waals surface area contributed by atoms with E-state index in [-0.39, 0.29) is 24.0 Å². The van der Waals surface area contributed by atoms with Crippen LogP contribution in [0.15, 0.2) is 23.0 Å². The molecule has 0 aliphatic carbocycles. The number of likely N-dealkylation sites (tertiary alicyclic amines) is 1. The van der Waals surface area contributed by atoms with Gasteiger partial charge in [0.15, 0.2) is 0 Å². The summed E-state index contributed by atoms with van der Waals surface area (Å²) in [5.41, 5.74) is 6.39. The molecule has 108 valence electrons. The van der Waals surface area contributed by atoms with Crippen LogP contribution in [0.3, 0.4) is 0 Å². The lowest BCUT2D eigenvalue weighted by Gasteiger charge is -2.14. The number of aromatic amines is 1. The lowest BCUT2D eigenvalue weighted by molar-refractivity contribution is 0.318. The van der Waals surface area contributed by atoms with Gasteiger partial charge in [-0.1, -0.05) is 11.6 Å². The molecule has 0 saturated carbocycles. The average molecular weight is 315 g/mol. The first-order chi connectivity index (χ1) is 9.11. The van der Waals surface area contributed by atoms with Crippen LogP contribution in [-0.4, -0.2) is 34.0 Å². The molecule has 1 aliphatic heterocycles. The lowest BCUT2D eigenvalue weighted by atomic mass is 10.2. The second-order valence-corrected chi connectivity index (χ2v) is 5.39. The van der Waals surface area contributed by atoms with Crippen molar-refractivity contribution in [2.45, 2.75) is 19.0 Å². The van der Waals surface area contributed by atoms with Crippen LogP contribution in [0.25, 0.3) is 10.9 Å². The molecule has 3 rings (SSSR count).